The zero-order valence-electron chi connectivity index (χ0n) is 18.0. The number of fused-ring (bicyclic) bond motifs is 1. The van der Waals surface area contributed by atoms with Crippen LogP contribution in [0.3, 0.4) is 0 Å². The third-order valence-electron chi connectivity index (χ3n) is 6.10. The van der Waals surface area contributed by atoms with Crippen LogP contribution in [0.1, 0.15) is 24.1 Å². The first-order valence-corrected chi connectivity index (χ1v) is 10.9. The maximum atomic E-state index is 13.3. The molecule has 1 N–H and O–H groups in total. The van der Waals surface area contributed by atoms with E-state index in [1.807, 2.05) is 12.1 Å². The van der Waals surface area contributed by atoms with E-state index >= 15 is 0 Å². The number of para-hydroxylation sites is 1. The average Bonchev–Trinajstić information content (AvgIpc) is 3.13. The molecule has 0 atom stereocenters. The first-order chi connectivity index (χ1) is 15.1. The molecule has 1 aliphatic heterocycles. The number of hydrogen-bond donors (Lipinski definition) is 1. The molecule has 31 heavy (non-hydrogen) atoms. The van der Waals surface area contributed by atoms with E-state index in [4.69, 9.17) is 4.74 Å². The first kappa shape index (κ1) is 21.5. The van der Waals surface area contributed by atoms with Crippen LogP contribution < -0.4 is 5.32 Å². The summed E-state index contributed by atoms with van der Waals surface area (Å²) < 4.78 is 20.7. The summed E-state index contributed by atoms with van der Waals surface area (Å²) in [4.78, 5) is 14.7. The second-order valence-electron chi connectivity index (χ2n) is 8.24. The van der Waals surface area contributed by atoms with Gasteiger partial charge in [0.05, 0.1) is 6.61 Å². The third kappa shape index (κ3) is 5.32. The quantitative estimate of drug-likeness (QED) is 0.561. The van der Waals surface area contributed by atoms with Gasteiger partial charge in [0.1, 0.15) is 5.82 Å². The van der Waals surface area contributed by atoms with Crippen molar-refractivity contribution in [2.24, 2.45) is 5.92 Å². The van der Waals surface area contributed by atoms with Gasteiger partial charge >= 0.3 is 0 Å². The SMILES string of the molecule is COCCNC(=O)C1CCN(Cc2cc3ccccc3n2Cc2ccc(F)cc2)CC1. The molecule has 5 nitrogen and oxygen atoms in total. The molecule has 0 bridgehead atoms. The summed E-state index contributed by atoms with van der Waals surface area (Å²) in [7, 11) is 1.64. The Morgan fingerprint density at radius 1 is 1.10 bits per heavy atom. The Morgan fingerprint density at radius 3 is 2.58 bits per heavy atom. The van der Waals surface area contributed by atoms with Crippen molar-refractivity contribution in [3.05, 3.63) is 71.7 Å². The van der Waals surface area contributed by atoms with Gasteiger partial charge < -0.3 is 14.6 Å². The number of amides is 1. The Bertz CT molecular complexity index is 1010. The molecule has 1 saturated heterocycles. The summed E-state index contributed by atoms with van der Waals surface area (Å²) in [6.07, 6.45) is 1.74. The molecule has 1 aliphatic rings. The largest absolute Gasteiger partial charge is 0.383 e. The minimum Gasteiger partial charge on any atom is -0.383 e. The lowest BCUT2D eigenvalue weighted by atomic mass is 9.96. The third-order valence-corrected chi connectivity index (χ3v) is 6.10. The molecule has 1 aromatic heterocycles. The van der Waals surface area contributed by atoms with Crippen molar-refractivity contribution in [1.29, 1.82) is 0 Å². The zero-order chi connectivity index (χ0) is 21.6. The van der Waals surface area contributed by atoms with E-state index in [0.717, 1.165) is 38.0 Å². The summed E-state index contributed by atoms with van der Waals surface area (Å²) >= 11 is 0. The number of nitrogens with zero attached hydrogens (tertiary/aromatic N) is 2. The van der Waals surface area contributed by atoms with Gasteiger partial charge in [0, 0.05) is 43.9 Å². The molecule has 164 valence electrons. The number of carbonyl (C=O) groups excluding carboxylic acids is 1. The summed E-state index contributed by atoms with van der Waals surface area (Å²) in [5, 5.41) is 4.18. The standard InChI is InChI=1S/C25H30FN3O2/c1-31-15-12-27-25(30)20-10-13-28(14-11-20)18-23-16-21-4-2-3-5-24(21)29(23)17-19-6-8-22(26)9-7-19/h2-9,16,20H,10-15,17-18H2,1H3,(H,27,30). The van der Waals surface area contributed by atoms with E-state index in [-0.39, 0.29) is 17.6 Å². The lowest BCUT2D eigenvalue weighted by Gasteiger charge is -2.31. The molecule has 1 fully saturated rings. The van der Waals surface area contributed by atoms with Crippen LogP contribution in [-0.4, -0.2) is 48.7 Å². The number of nitrogens with one attached hydrogen (secondary N) is 1. The van der Waals surface area contributed by atoms with Gasteiger partial charge in [0.15, 0.2) is 0 Å². The molecule has 2 aromatic carbocycles. The lowest BCUT2D eigenvalue weighted by Crippen LogP contribution is -2.41. The van der Waals surface area contributed by atoms with Crippen molar-refractivity contribution in [3.63, 3.8) is 0 Å². The van der Waals surface area contributed by atoms with Gasteiger partial charge in [-0.05, 0) is 61.1 Å². The molecule has 4 rings (SSSR count). The minimum atomic E-state index is -0.213. The molecule has 0 saturated carbocycles. The number of rotatable bonds is 8. The molecule has 3 aromatic rings. The fourth-order valence-electron chi connectivity index (χ4n) is 4.36. The Morgan fingerprint density at radius 2 is 1.84 bits per heavy atom. The van der Waals surface area contributed by atoms with Crippen LogP contribution in [-0.2, 0) is 22.6 Å². The van der Waals surface area contributed by atoms with Gasteiger partial charge in [-0.2, -0.15) is 0 Å². The normalized spacial score (nSPS) is 15.4. The highest BCUT2D eigenvalue weighted by Crippen LogP contribution is 2.25. The van der Waals surface area contributed by atoms with Crippen LogP contribution in [0.25, 0.3) is 10.9 Å². The minimum absolute atomic E-state index is 0.0816. The zero-order valence-corrected chi connectivity index (χ0v) is 18.0. The fourth-order valence-corrected chi connectivity index (χ4v) is 4.36. The topological polar surface area (TPSA) is 46.5 Å². The van der Waals surface area contributed by atoms with E-state index in [1.54, 1.807) is 7.11 Å². The predicted molar refractivity (Wildman–Crippen MR) is 120 cm³/mol. The molecule has 6 heteroatoms. The van der Waals surface area contributed by atoms with Crippen LogP contribution in [0, 0.1) is 11.7 Å². The summed E-state index contributed by atoms with van der Waals surface area (Å²) in [6.45, 7) is 4.47. The number of ether oxygens (including phenoxy) is 1. The van der Waals surface area contributed by atoms with Crippen molar-refractivity contribution in [1.82, 2.24) is 14.8 Å². The molecule has 0 aliphatic carbocycles. The molecule has 2 heterocycles. The van der Waals surface area contributed by atoms with Gasteiger partial charge in [0.2, 0.25) is 5.91 Å². The summed E-state index contributed by atoms with van der Waals surface area (Å²) in [6, 6.07) is 17.4. The van der Waals surface area contributed by atoms with Crippen LogP contribution in [0.4, 0.5) is 4.39 Å². The van der Waals surface area contributed by atoms with E-state index in [9.17, 15) is 9.18 Å². The maximum absolute atomic E-state index is 13.3. The number of hydrogen-bond acceptors (Lipinski definition) is 3. The first-order valence-electron chi connectivity index (χ1n) is 10.9. The van der Waals surface area contributed by atoms with E-state index in [2.05, 4.69) is 45.1 Å². The number of likely N-dealkylation sites (tertiary alicyclic amines) is 1. The lowest BCUT2D eigenvalue weighted by molar-refractivity contribution is -0.126. The molecular formula is C25H30FN3O2. The Balaban J connectivity index is 1.44. The van der Waals surface area contributed by atoms with Crippen molar-refractivity contribution in [2.75, 3.05) is 33.4 Å². The summed E-state index contributed by atoms with van der Waals surface area (Å²) in [5.74, 6) is 0.00997. The molecule has 0 unspecified atom stereocenters. The van der Waals surface area contributed by atoms with Crippen LogP contribution in [0.5, 0.6) is 0 Å². The fraction of sp³-hybridized carbons (Fsp3) is 0.400. The molecule has 1 amide bonds. The average molecular weight is 424 g/mol. The predicted octanol–water partition coefficient (Wildman–Crippen LogP) is 3.80. The highest BCUT2D eigenvalue weighted by Gasteiger charge is 2.25. The van der Waals surface area contributed by atoms with E-state index in [0.29, 0.717) is 19.7 Å². The smallest absolute Gasteiger partial charge is 0.223 e. The number of halogens is 1. The highest BCUT2D eigenvalue weighted by molar-refractivity contribution is 5.81. The van der Waals surface area contributed by atoms with Gasteiger partial charge in [-0.3, -0.25) is 9.69 Å². The highest BCUT2D eigenvalue weighted by atomic mass is 19.1. The van der Waals surface area contributed by atoms with Crippen LogP contribution in [0.2, 0.25) is 0 Å². The maximum Gasteiger partial charge on any atom is 0.223 e. The van der Waals surface area contributed by atoms with E-state index < -0.39 is 0 Å². The number of piperidine rings is 1. The van der Waals surface area contributed by atoms with Crippen molar-refractivity contribution in [3.8, 4) is 0 Å². The van der Waals surface area contributed by atoms with Gasteiger partial charge in [-0.25, -0.2) is 4.39 Å². The second kappa shape index (κ2) is 10.1. The number of methoxy groups -OCH3 is 1. The Hall–Kier alpha value is -2.70. The van der Waals surface area contributed by atoms with Gasteiger partial charge in [0.25, 0.3) is 0 Å². The number of aromatic nitrogens is 1. The summed E-state index contributed by atoms with van der Waals surface area (Å²) in [5.41, 5.74) is 3.51. The van der Waals surface area contributed by atoms with Crippen LogP contribution in [0.15, 0.2) is 54.6 Å². The molecular weight excluding hydrogens is 393 g/mol. The van der Waals surface area contributed by atoms with Crippen molar-refractivity contribution in [2.45, 2.75) is 25.9 Å². The van der Waals surface area contributed by atoms with Crippen molar-refractivity contribution < 1.29 is 13.9 Å². The Kier molecular flexibility index (Phi) is 6.99. The second-order valence-corrected chi connectivity index (χ2v) is 8.24. The van der Waals surface area contributed by atoms with Gasteiger partial charge in [-0.15, -0.1) is 0 Å². The van der Waals surface area contributed by atoms with Crippen LogP contribution >= 0.6 is 0 Å². The molecule has 0 radical (unpaired) electrons. The number of carbonyl (C=O) groups is 1. The Labute approximate surface area is 182 Å². The van der Waals surface area contributed by atoms with Gasteiger partial charge in [-0.1, -0.05) is 30.3 Å². The van der Waals surface area contributed by atoms with E-state index in [1.165, 1.54) is 28.7 Å². The number of benzene rings is 2. The van der Waals surface area contributed by atoms with Crippen molar-refractivity contribution >= 4 is 16.8 Å². The molecule has 0 spiro atoms. The monoisotopic (exact) mass is 423 g/mol.